The maximum Gasteiger partial charge on any atom is 0.248 e. The second-order valence-electron chi connectivity index (χ2n) is 5.96. The third kappa shape index (κ3) is 2.17. The van der Waals surface area contributed by atoms with Gasteiger partial charge in [-0.05, 0) is 18.3 Å². The van der Waals surface area contributed by atoms with Crippen molar-refractivity contribution in [2.45, 2.75) is 59.0 Å². The molecule has 0 radical (unpaired) electrons. The van der Waals surface area contributed by atoms with Crippen LogP contribution in [0.4, 0.5) is 0 Å². The number of carbonyl (C=O) groups excluding carboxylic acids is 2. The second-order valence-corrected chi connectivity index (χ2v) is 5.96. The second kappa shape index (κ2) is 4.31. The Morgan fingerprint density at radius 1 is 1.24 bits per heavy atom. The molecule has 0 bridgehead atoms. The topological polar surface area (TPSA) is 49.4 Å². The number of carbonyl (C=O) groups is 2. The van der Waals surface area contributed by atoms with Crippen LogP contribution < -0.4 is 5.32 Å². The van der Waals surface area contributed by atoms with Crippen LogP contribution in [0.3, 0.4) is 0 Å². The van der Waals surface area contributed by atoms with Crippen LogP contribution in [0.15, 0.2) is 0 Å². The van der Waals surface area contributed by atoms with Crippen molar-refractivity contribution < 1.29 is 9.59 Å². The van der Waals surface area contributed by atoms with Gasteiger partial charge in [-0.1, -0.05) is 34.6 Å². The van der Waals surface area contributed by atoms with Gasteiger partial charge in [-0.3, -0.25) is 9.59 Å². The van der Waals surface area contributed by atoms with Crippen LogP contribution in [0.2, 0.25) is 0 Å². The fourth-order valence-electron chi connectivity index (χ4n) is 2.69. The molecule has 17 heavy (non-hydrogen) atoms. The number of rotatable bonds is 2. The third-order valence-corrected chi connectivity index (χ3v) is 3.76. The van der Waals surface area contributed by atoms with Gasteiger partial charge in [-0.2, -0.15) is 0 Å². The summed E-state index contributed by atoms with van der Waals surface area (Å²) < 4.78 is 0. The van der Waals surface area contributed by atoms with Crippen molar-refractivity contribution in [3.05, 3.63) is 0 Å². The molecule has 4 heteroatoms. The zero-order valence-corrected chi connectivity index (χ0v) is 11.8. The highest BCUT2D eigenvalue weighted by atomic mass is 16.2. The zero-order valence-electron chi connectivity index (χ0n) is 11.8. The summed E-state index contributed by atoms with van der Waals surface area (Å²) in [6, 6.07) is -0.388. The normalized spacial score (nSPS) is 24.8. The molecule has 0 saturated carbocycles. The Bertz CT molecular complexity index is 327. The van der Waals surface area contributed by atoms with E-state index in [2.05, 4.69) is 5.32 Å². The fourth-order valence-corrected chi connectivity index (χ4v) is 2.69. The average molecular weight is 240 g/mol. The summed E-state index contributed by atoms with van der Waals surface area (Å²) in [5, 5.41) is 2.94. The van der Waals surface area contributed by atoms with Gasteiger partial charge >= 0.3 is 0 Å². The first kappa shape index (κ1) is 14.0. The predicted molar refractivity (Wildman–Crippen MR) is 67.5 cm³/mol. The van der Waals surface area contributed by atoms with Crippen LogP contribution in [0.25, 0.3) is 0 Å². The summed E-state index contributed by atoms with van der Waals surface area (Å²) in [5.74, 6) is -0.00896. The van der Waals surface area contributed by atoms with E-state index in [1.807, 2.05) is 34.6 Å². The van der Waals surface area contributed by atoms with Gasteiger partial charge in [0.25, 0.3) is 0 Å². The zero-order chi connectivity index (χ0) is 13.4. The lowest BCUT2D eigenvalue weighted by atomic mass is 9.79. The van der Waals surface area contributed by atoms with Gasteiger partial charge in [-0.25, -0.2) is 0 Å². The van der Waals surface area contributed by atoms with Crippen LogP contribution in [0, 0.1) is 5.41 Å². The molecule has 1 unspecified atom stereocenters. The summed E-state index contributed by atoms with van der Waals surface area (Å²) in [5.41, 5.74) is -0.949. The first-order valence-electron chi connectivity index (χ1n) is 6.29. The van der Waals surface area contributed by atoms with E-state index >= 15 is 0 Å². The first-order valence-corrected chi connectivity index (χ1v) is 6.29. The minimum absolute atomic E-state index is 0.0297. The minimum atomic E-state index is -0.701. The molecule has 0 aromatic carbocycles. The van der Waals surface area contributed by atoms with Crippen molar-refractivity contribution in [2.75, 3.05) is 7.05 Å². The number of piperazine rings is 1. The molecule has 1 aliphatic rings. The molecule has 1 atom stereocenters. The number of hydrogen-bond acceptors (Lipinski definition) is 2. The third-order valence-electron chi connectivity index (χ3n) is 3.76. The molecule has 0 spiro atoms. The monoisotopic (exact) mass is 240 g/mol. The molecule has 1 N–H and O–H groups in total. The van der Waals surface area contributed by atoms with E-state index in [1.54, 1.807) is 11.9 Å². The number of hydrogen-bond donors (Lipinski definition) is 1. The number of nitrogens with one attached hydrogen (secondary N) is 1. The molecular formula is C13H24N2O2. The van der Waals surface area contributed by atoms with Gasteiger partial charge in [0.05, 0.1) is 0 Å². The minimum Gasteiger partial charge on any atom is -0.340 e. The smallest absolute Gasteiger partial charge is 0.248 e. The fraction of sp³-hybridized carbons (Fsp3) is 0.846. The van der Waals surface area contributed by atoms with E-state index < -0.39 is 5.54 Å². The Hall–Kier alpha value is -1.06. The largest absolute Gasteiger partial charge is 0.340 e. The van der Waals surface area contributed by atoms with Crippen molar-refractivity contribution in [3.8, 4) is 0 Å². The van der Waals surface area contributed by atoms with Crippen LogP contribution in [-0.2, 0) is 9.59 Å². The number of nitrogens with zero attached hydrogens (tertiary/aromatic N) is 1. The molecule has 1 aliphatic heterocycles. The Kier molecular flexibility index (Phi) is 3.55. The molecule has 0 aliphatic carbocycles. The lowest BCUT2D eigenvalue weighted by Crippen LogP contribution is -2.71. The Balaban J connectivity index is 3.12. The highest BCUT2D eigenvalue weighted by Gasteiger charge is 2.50. The molecule has 2 amide bonds. The summed E-state index contributed by atoms with van der Waals surface area (Å²) in [6.07, 6.45) is 1.27. The van der Waals surface area contributed by atoms with Crippen molar-refractivity contribution in [1.82, 2.24) is 10.2 Å². The lowest BCUT2D eigenvalue weighted by Gasteiger charge is -2.48. The quantitative estimate of drug-likeness (QED) is 0.796. The Morgan fingerprint density at radius 2 is 1.71 bits per heavy atom. The van der Waals surface area contributed by atoms with Crippen LogP contribution in [0.1, 0.15) is 47.5 Å². The standard InChI is InChI=1S/C13H24N2O2/c1-7-13(8-2)11(17)15(6)9(10(16)14-13)12(3,4)5/h9H,7-8H2,1-6H3,(H,14,16). The average Bonchev–Trinajstić information content (AvgIpc) is 2.21. The van der Waals surface area contributed by atoms with Crippen molar-refractivity contribution >= 4 is 11.8 Å². The number of amides is 2. The van der Waals surface area contributed by atoms with Crippen LogP contribution in [-0.4, -0.2) is 35.3 Å². The molecule has 1 fully saturated rings. The van der Waals surface area contributed by atoms with Crippen molar-refractivity contribution in [3.63, 3.8) is 0 Å². The van der Waals surface area contributed by atoms with E-state index in [9.17, 15) is 9.59 Å². The highest BCUT2D eigenvalue weighted by Crippen LogP contribution is 2.31. The molecule has 0 aromatic rings. The van der Waals surface area contributed by atoms with Gasteiger partial charge in [0.15, 0.2) is 0 Å². The summed E-state index contributed by atoms with van der Waals surface area (Å²) >= 11 is 0. The van der Waals surface area contributed by atoms with Crippen LogP contribution in [0.5, 0.6) is 0 Å². The molecule has 1 heterocycles. The van der Waals surface area contributed by atoms with Gasteiger partial charge in [-0.15, -0.1) is 0 Å². The van der Waals surface area contributed by atoms with E-state index in [1.165, 1.54) is 0 Å². The molecule has 0 aromatic heterocycles. The van der Waals surface area contributed by atoms with Crippen LogP contribution >= 0.6 is 0 Å². The van der Waals surface area contributed by atoms with Gasteiger partial charge < -0.3 is 10.2 Å². The van der Waals surface area contributed by atoms with Crippen molar-refractivity contribution in [2.24, 2.45) is 5.41 Å². The van der Waals surface area contributed by atoms with E-state index in [-0.39, 0.29) is 23.3 Å². The van der Waals surface area contributed by atoms with Gasteiger partial charge in [0.1, 0.15) is 11.6 Å². The lowest BCUT2D eigenvalue weighted by molar-refractivity contribution is -0.157. The Morgan fingerprint density at radius 3 is 2.06 bits per heavy atom. The van der Waals surface area contributed by atoms with Gasteiger partial charge in [0.2, 0.25) is 11.8 Å². The Labute approximate surface area is 104 Å². The summed E-state index contributed by atoms with van der Waals surface area (Å²) in [6.45, 7) is 9.81. The van der Waals surface area contributed by atoms with E-state index in [4.69, 9.17) is 0 Å². The number of likely N-dealkylation sites (N-methyl/N-ethyl adjacent to an activating group) is 1. The van der Waals surface area contributed by atoms with Crippen molar-refractivity contribution in [1.29, 1.82) is 0 Å². The maximum absolute atomic E-state index is 12.4. The maximum atomic E-state index is 12.4. The van der Waals surface area contributed by atoms with E-state index in [0.29, 0.717) is 12.8 Å². The molecule has 98 valence electrons. The SMILES string of the molecule is CCC1(CC)NC(=O)C(C(C)(C)C)N(C)C1=O. The molecule has 4 nitrogen and oxygen atoms in total. The molecule has 1 saturated heterocycles. The highest BCUT2D eigenvalue weighted by molar-refractivity contribution is 6.00. The van der Waals surface area contributed by atoms with E-state index in [0.717, 1.165) is 0 Å². The predicted octanol–water partition coefficient (Wildman–Crippen LogP) is 1.55. The summed E-state index contributed by atoms with van der Waals surface area (Å²) in [4.78, 5) is 26.3. The molecule has 1 rings (SSSR count). The summed E-state index contributed by atoms with van der Waals surface area (Å²) in [7, 11) is 1.73. The van der Waals surface area contributed by atoms with Gasteiger partial charge in [0, 0.05) is 7.05 Å². The first-order chi connectivity index (χ1) is 7.69. The molecular weight excluding hydrogens is 216 g/mol.